The van der Waals surface area contributed by atoms with E-state index in [2.05, 4.69) is 10.5 Å². The van der Waals surface area contributed by atoms with E-state index in [0.29, 0.717) is 11.3 Å². The number of hydrazone groups is 1. The highest BCUT2D eigenvalue weighted by atomic mass is 16.6. The number of phenolic OH excluding ortho intramolecular Hbond substituents is 1. The normalized spacial score (nSPS) is 10.7. The fourth-order valence-electron chi connectivity index (χ4n) is 2.30. The van der Waals surface area contributed by atoms with Crippen molar-refractivity contribution in [3.8, 4) is 11.5 Å². The standard InChI is InChI=1S/C18H19N3O5/c1-11-4-5-16(12(2)6-11)26-10-17(22)20-19-9-14-8-15(21(24)25)7-13(3)18(14)23/h4-9,23H,10H2,1-3H3,(H,20,22)/b19-9+. The highest BCUT2D eigenvalue weighted by Gasteiger charge is 2.12. The molecular weight excluding hydrogens is 338 g/mol. The number of nitrogens with one attached hydrogen (secondary N) is 1. The van der Waals surface area contributed by atoms with E-state index in [4.69, 9.17) is 4.74 Å². The Hall–Kier alpha value is -3.42. The maximum Gasteiger partial charge on any atom is 0.277 e. The molecule has 0 radical (unpaired) electrons. The average Bonchev–Trinajstić information content (AvgIpc) is 2.57. The summed E-state index contributed by atoms with van der Waals surface area (Å²) in [4.78, 5) is 22.1. The fraction of sp³-hybridized carbons (Fsp3) is 0.222. The number of amides is 1. The van der Waals surface area contributed by atoms with Crippen LogP contribution in [0.15, 0.2) is 35.4 Å². The number of hydrogen-bond acceptors (Lipinski definition) is 6. The summed E-state index contributed by atoms with van der Waals surface area (Å²) in [6, 6.07) is 8.03. The Morgan fingerprint density at radius 3 is 2.65 bits per heavy atom. The monoisotopic (exact) mass is 357 g/mol. The first-order valence-electron chi connectivity index (χ1n) is 7.78. The number of carbonyl (C=O) groups is 1. The number of rotatable bonds is 6. The van der Waals surface area contributed by atoms with E-state index in [1.54, 1.807) is 6.07 Å². The van der Waals surface area contributed by atoms with Crippen LogP contribution in [0.3, 0.4) is 0 Å². The summed E-state index contributed by atoms with van der Waals surface area (Å²) >= 11 is 0. The van der Waals surface area contributed by atoms with Crippen molar-refractivity contribution in [2.75, 3.05) is 6.61 Å². The first kappa shape index (κ1) is 18.9. The second-order valence-electron chi connectivity index (χ2n) is 5.81. The molecule has 2 aromatic carbocycles. The molecule has 0 heterocycles. The number of benzene rings is 2. The van der Waals surface area contributed by atoms with Crippen molar-refractivity contribution in [1.82, 2.24) is 5.43 Å². The first-order chi connectivity index (χ1) is 12.3. The van der Waals surface area contributed by atoms with Crippen molar-refractivity contribution in [3.63, 3.8) is 0 Å². The first-order valence-corrected chi connectivity index (χ1v) is 7.78. The second-order valence-corrected chi connectivity index (χ2v) is 5.81. The Bertz CT molecular complexity index is 877. The van der Waals surface area contributed by atoms with Gasteiger partial charge < -0.3 is 9.84 Å². The largest absolute Gasteiger partial charge is 0.507 e. The SMILES string of the molecule is Cc1ccc(OCC(=O)N/N=C/c2cc([N+](=O)[O-])cc(C)c2O)c(C)c1. The van der Waals surface area contributed by atoms with Gasteiger partial charge in [0.25, 0.3) is 11.6 Å². The van der Waals surface area contributed by atoms with E-state index >= 15 is 0 Å². The van der Waals surface area contributed by atoms with E-state index in [-0.39, 0.29) is 23.6 Å². The fourth-order valence-corrected chi connectivity index (χ4v) is 2.30. The minimum Gasteiger partial charge on any atom is -0.507 e. The maximum atomic E-state index is 11.8. The van der Waals surface area contributed by atoms with Crippen LogP contribution in [0.2, 0.25) is 0 Å². The summed E-state index contributed by atoms with van der Waals surface area (Å²) < 4.78 is 5.43. The van der Waals surface area contributed by atoms with E-state index < -0.39 is 10.8 Å². The van der Waals surface area contributed by atoms with Gasteiger partial charge in [-0.1, -0.05) is 17.7 Å². The van der Waals surface area contributed by atoms with Crippen LogP contribution >= 0.6 is 0 Å². The number of non-ortho nitro benzene ring substituents is 1. The van der Waals surface area contributed by atoms with Gasteiger partial charge in [-0.05, 0) is 38.0 Å². The lowest BCUT2D eigenvalue weighted by Gasteiger charge is -2.08. The molecule has 0 aliphatic carbocycles. The average molecular weight is 357 g/mol. The molecule has 8 heteroatoms. The van der Waals surface area contributed by atoms with Gasteiger partial charge in [-0.2, -0.15) is 5.10 Å². The van der Waals surface area contributed by atoms with Gasteiger partial charge in [0.15, 0.2) is 6.61 Å². The van der Waals surface area contributed by atoms with Crippen LogP contribution in [0.4, 0.5) is 5.69 Å². The Morgan fingerprint density at radius 2 is 2.00 bits per heavy atom. The van der Waals surface area contributed by atoms with Crippen molar-refractivity contribution < 1.29 is 19.6 Å². The zero-order chi connectivity index (χ0) is 19.3. The van der Waals surface area contributed by atoms with Gasteiger partial charge in [-0.25, -0.2) is 5.43 Å². The van der Waals surface area contributed by atoms with E-state index in [1.807, 2.05) is 26.0 Å². The summed E-state index contributed by atoms with van der Waals surface area (Å²) in [5, 5.41) is 24.5. The third-order valence-corrected chi connectivity index (χ3v) is 3.61. The molecule has 0 atom stereocenters. The van der Waals surface area contributed by atoms with Crippen LogP contribution in [0, 0.1) is 30.9 Å². The molecule has 0 bridgehead atoms. The number of nitro benzene ring substituents is 1. The quantitative estimate of drug-likeness (QED) is 0.469. The molecule has 0 saturated carbocycles. The Kier molecular flexibility index (Phi) is 5.90. The zero-order valence-electron chi connectivity index (χ0n) is 14.6. The minimum atomic E-state index is -0.569. The number of nitro groups is 1. The number of aromatic hydroxyl groups is 1. The third kappa shape index (κ3) is 4.79. The topological polar surface area (TPSA) is 114 Å². The molecule has 2 rings (SSSR count). The van der Waals surface area contributed by atoms with Crippen LogP contribution in [-0.4, -0.2) is 28.8 Å². The molecule has 136 valence electrons. The van der Waals surface area contributed by atoms with Gasteiger partial charge in [-0.15, -0.1) is 0 Å². The summed E-state index contributed by atoms with van der Waals surface area (Å²) in [6.07, 6.45) is 1.14. The van der Waals surface area contributed by atoms with Crippen molar-refractivity contribution in [2.24, 2.45) is 5.10 Å². The predicted octanol–water partition coefficient (Wildman–Crippen LogP) is 2.75. The van der Waals surface area contributed by atoms with Crippen LogP contribution in [0.25, 0.3) is 0 Å². The molecule has 8 nitrogen and oxygen atoms in total. The van der Waals surface area contributed by atoms with E-state index in [9.17, 15) is 20.0 Å². The van der Waals surface area contributed by atoms with Gasteiger partial charge >= 0.3 is 0 Å². The van der Waals surface area contributed by atoms with Gasteiger partial charge in [-0.3, -0.25) is 14.9 Å². The summed E-state index contributed by atoms with van der Waals surface area (Å²) in [5.41, 5.74) is 4.56. The number of nitrogens with zero attached hydrogens (tertiary/aromatic N) is 2. The summed E-state index contributed by atoms with van der Waals surface area (Å²) in [7, 11) is 0. The molecule has 0 aliphatic heterocycles. The predicted molar refractivity (Wildman–Crippen MR) is 96.6 cm³/mol. The van der Waals surface area contributed by atoms with Crippen molar-refractivity contribution in [1.29, 1.82) is 0 Å². The lowest BCUT2D eigenvalue weighted by molar-refractivity contribution is -0.384. The molecule has 0 spiro atoms. The molecule has 0 aliphatic rings. The summed E-state index contributed by atoms with van der Waals surface area (Å²) in [6.45, 7) is 5.15. The molecule has 0 saturated heterocycles. The Balaban J connectivity index is 1.97. The molecule has 0 unspecified atom stereocenters. The van der Waals surface area contributed by atoms with E-state index in [0.717, 1.165) is 17.3 Å². The molecule has 1 amide bonds. The molecule has 26 heavy (non-hydrogen) atoms. The number of ether oxygens (including phenoxy) is 1. The second kappa shape index (κ2) is 8.11. The summed E-state index contributed by atoms with van der Waals surface area (Å²) in [5.74, 6) is -0.0373. The van der Waals surface area contributed by atoms with Crippen molar-refractivity contribution in [3.05, 3.63) is 62.7 Å². The number of aryl methyl sites for hydroxylation is 3. The molecular formula is C18H19N3O5. The lowest BCUT2D eigenvalue weighted by Crippen LogP contribution is -2.24. The smallest absolute Gasteiger partial charge is 0.277 e. The highest BCUT2D eigenvalue weighted by Crippen LogP contribution is 2.26. The van der Waals surface area contributed by atoms with Crippen LogP contribution in [-0.2, 0) is 4.79 Å². The van der Waals surface area contributed by atoms with Gasteiger partial charge in [0.05, 0.1) is 11.1 Å². The van der Waals surface area contributed by atoms with Crippen molar-refractivity contribution in [2.45, 2.75) is 20.8 Å². The van der Waals surface area contributed by atoms with Crippen molar-refractivity contribution >= 4 is 17.8 Å². The number of hydrogen-bond donors (Lipinski definition) is 2. The van der Waals surface area contributed by atoms with E-state index in [1.165, 1.54) is 19.1 Å². The minimum absolute atomic E-state index is 0.132. The lowest BCUT2D eigenvalue weighted by atomic mass is 10.1. The van der Waals surface area contributed by atoms with Gasteiger partial charge in [0, 0.05) is 17.7 Å². The Morgan fingerprint density at radius 1 is 1.27 bits per heavy atom. The molecule has 2 N–H and O–H groups in total. The van der Waals surface area contributed by atoms with Gasteiger partial charge in [0.1, 0.15) is 11.5 Å². The third-order valence-electron chi connectivity index (χ3n) is 3.61. The molecule has 0 fully saturated rings. The van der Waals surface area contributed by atoms with Crippen LogP contribution < -0.4 is 10.2 Å². The maximum absolute atomic E-state index is 11.8. The number of phenols is 1. The molecule has 0 aromatic heterocycles. The molecule has 2 aromatic rings. The highest BCUT2D eigenvalue weighted by molar-refractivity contribution is 5.87. The zero-order valence-corrected chi connectivity index (χ0v) is 14.6. The number of carbonyl (C=O) groups excluding carboxylic acids is 1. The van der Waals surface area contributed by atoms with Gasteiger partial charge in [0.2, 0.25) is 0 Å². The van der Waals surface area contributed by atoms with Crippen LogP contribution in [0.1, 0.15) is 22.3 Å². The Labute approximate surface area is 150 Å². The van der Waals surface area contributed by atoms with Crippen LogP contribution in [0.5, 0.6) is 11.5 Å².